The largest absolute Gasteiger partial charge is 0.467 e. The van der Waals surface area contributed by atoms with Crippen LogP contribution in [0, 0.1) is 5.92 Å². The Kier molecular flexibility index (Phi) is 6.95. The Morgan fingerprint density at radius 2 is 2.20 bits per heavy atom. The van der Waals surface area contributed by atoms with E-state index >= 15 is 0 Å². The summed E-state index contributed by atoms with van der Waals surface area (Å²) in [5.74, 6) is -0.479. The van der Waals surface area contributed by atoms with Crippen molar-refractivity contribution in [3.8, 4) is 0 Å². The van der Waals surface area contributed by atoms with Crippen LogP contribution in [0.5, 0.6) is 0 Å². The fourth-order valence-electron chi connectivity index (χ4n) is 2.45. The molecule has 0 aliphatic carbocycles. The van der Waals surface area contributed by atoms with Crippen molar-refractivity contribution in [2.24, 2.45) is 11.7 Å². The standard InChI is InChI=1S/C14H27N3O3/c1-4-10(2)13(14(19)20-3)16-12(18)9-17-7-5-6-11(15)8-17/h10-11,13H,4-9,15H2,1-3H3,(H,16,18)/t10?,11-,13?/m1/s1. The lowest BCUT2D eigenvalue weighted by Crippen LogP contribution is -2.51. The molecule has 1 heterocycles. The normalized spacial score (nSPS) is 22.9. The van der Waals surface area contributed by atoms with Gasteiger partial charge in [-0.3, -0.25) is 9.69 Å². The molecule has 1 rings (SSSR count). The Balaban J connectivity index is 2.50. The smallest absolute Gasteiger partial charge is 0.328 e. The van der Waals surface area contributed by atoms with Crippen LogP contribution in [0.4, 0.5) is 0 Å². The zero-order valence-electron chi connectivity index (χ0n) is 12.7. The molecule has 0 aromatic heterocycles. The van der Waals surface area contributed by atoms with Gasteiger partial charge in [0.2, 0.25) is 5.91 Å². The van der Waals surface area contributed by atoms with E-state index < -0.39 is 6.04 Å². The number of nitrogens with two attached hydrogens (primary N) is 1. The maximum atomic E-state index is 12.1. The molecule has 3 N–H and O–H groups in total. The van der Waals surface area contributed by atoms with Gasteiger partial charge in [0, 0.05) is 12.6 Å². The first kappa shape index (κ1) is 16.9. The number of esters is 1. The van der Waals surface area contributed by atoms with Crippen LogP contribution >= 0.6 is 0 Å². The number of amides is 1. The van der Waals surface area contributed by atoms with Gasteiger partial charge in [-0.15, -0.1) is 0 Å². The molecule has 2 unspecified atom stereocenters. The van der Waals surface area contributed by atoms with E-state index in [-0.39, 0.29) is 30.4 Å². The average Bonchev–Trinajstić information content (AvgIpc) is 2.43. The monoisotopic (exact) mass is 285 g/mol. The summed E-state index contributed by atoms with van der Waals surface area (Å²) in [6.07, 6.45) is 2.82. The van der Waals surface area contributed by atoms with E-state index in [4.69, 9.17) is 10.5 Å². The minimum atomic E-state index is -0.573. The number of hydrogen-bond donors (Lipinski definition) is 2. The van der Waals surface area contributed by atoms with Crippen molar-refractivity contribution in [2.45, 2.75) is 45.2 Å². The average molecular weight is 285 g/mol. The molecule has 0 aromatic carbocycles. The van der Waals surface area contributed by atoms with Gasteiger partial charge < -0.3 is 15.8 Å². The molecule has 20 heavy (non-hydrogen) atoms. The van der Waals surface area contributed by atoms with E-state index in [0.29, 0.717) is 0 Å². The number of hydrogen-bond acceptors (Lipinski definition) is 5. The minimum Gasteiger partial charge on any atom is -0.467 e. The molecule has 0 aromatic rings. The zero-order valence-corrected chi connectivity index (χ0v) is 12.7. The van der Waals surface area contributed by atoms with E-state index in [1.165, 1.54) is 7.11 Å². The van der Waals surface area contributed by atoms with Crippen LogP contribution in [0.3, 0.4) is 0 Å². The molecule has 0 bridgehead atoms. The molecule has 0 spiro atoms. The molecule has 1 aliphatic rings. The first-order valence-corrected chi connectivity index (χ1v) is 7.33. The van der Waals surface area contributed by atoms with Crippen molar-refractivity contribution in [1.29, 1.82) is 0 Å². The Labute approximate surface area is 121 Å². The third-order valence-electron chi connectivity index (χ3n) is 3.89. The van der Waals surface area contributed by atoms with E-state index in [1.807, 2.05) is 18.7 Å². The lowest BCUT2D eigenvalue weighted by Gasteiger charge is -2.31. The second-order valence-electron chi connectivity index (χ2n) is 5.59. The molecule has 6 nitrogen and oxygen atoms in total. The number of rotatable bonds is 6. The highest BCUT2D eigenvalue weighted by molar-refractivity contribution is 5.85. The third-order valence-corrected chi connectivity index (χ3v) is 3.89. The number of piperidine rings is 1. The molecule has 1 amide bonds. The SMILES string of the molecule is CCC(C)C(NC(=O)CN1CCC[C@@H](N)C1)C(=O)OC. The summed E-state index contributed by atoms with van der Waals surface area (Å²) in [5.41, 5.74) is 5.89. The highest BCUT2D eigenvalue weighted by Crippen LogP contribution is 2.10. The van der Waals surface area contributed by atoms with E-state index in [1.54, 1.807) is 0 Å². The predicted molar refractivity (Wildman–Crippen MR) is 77.1 cm³/mol. The number of nitrogens with one attached hydrogen (secondary N) is 1. The van der Waals surface area contributed by atoms with Crippen LogP contribution in [0.1, 0.15) is 33.1 Å². The number of ether oxygens (including phenoxy) is 1. The van der Waals surface area contributed by atoms with Gasteiger partial charge >= 0.3 is 5.97 Å². The molecule has 0 radical (unpaired) electrons. The van der Waals surface area contributed by atoms with Crippen molar-refractivity contribution in [3.05, 3.63) is 0 Å². The molecule has 116 valence electrons. The van der Waals surface area contributed by atoms with E-state index in [0.717, 1.165) is 32.4 Å². The van der Waals surface area contributed by atoms with Crippen LogP contribution in [0.25, 0.3) is 0 Å². The van der Waals surface area contributed by atoms with Gasteiger partial charge in [0.1, 0.15) is 6.04 Å². The maximum absolute atomic E-state index is 12.1. The van der Waals surface area contributed by atoms with Gasteiger partial charge in [0.05, 0.1) is 13.7 Å². The van der Waals surface area contributed by atoms with Gasteiger partial charge in [-0.1, -0.05) is 20.3 Å². The molecular formula is C14H27N3O3. The second-order valence-corrected chi connectivity index (χ2v) is 5.59. The highest BCUT2D eigenvalue weighted by Gasteiger charge is 2.27. The molecule has 6 heteroatoms. The van der Waals surface area contributed by atoms with Crippen LogP contribution in [-0.2, 0) is 14.3 Å². The predicted octanol–water partition coefficient (Wildman–Crippen LogP) is 0.113. The molecular weight excluding hydrogens is 258 g/mol. The summed E-state index contributed by atoms with van der Waals surface area (Å²) in [6, 6.07) is -0.432. The second kappa shape index (κ2) is 8.21. The Morgan fingerprint density at radius 1 is 1.50 bits per heavy atom. The Bertz CT molecular complexity index is 336. The number of carbonyl (C=O) groups is 2. The number of nitrogens with zero attached hydrogens (tertiary/aromatic N) is 1. The molecule has 1 fully saturated rings. The van der Waals surface area contributed by atoms with Crippen molar-refractivity contribution < 1.29 is 14.3 Å². The number of methoxy groups -OCH3 is 1. The Hall–Kier alpha value is -1.14. The topological polar surface area (TPSA) is 84.7 Å². The summed E-state index contributed by atoms with van der Waals surface area (Å²) in [4.78, 5) is 25.8. The minimum absolute atomic E-state index is 0.0509. The van der Waals surface area contributed by atoms with Gasteiger partial charge in [0.25, 0.3) is 0 Å². The Morgan fingerprint density at radius 3 is 2.75 bits per heavy atom. The van der Waals surface area contributed by atoms with Crippen LogP contribution in [0.15, 0.2) is 0 Å². The lowest BCUT2D eigenvalue weighted by atomic mass is 9.99. The zero-order chi connectivity index (χ0) is 15.1. The molecule has 3 atom stereocenters. The summed E-state index contributed by atoms with van der Waals surface area (Å²) in [7, 11) is 1.34. The van der Waals surface area contributed by atoms with Crippen molar-refractivity contribution in [3.63, 3.8) is 0 Å². The lowest BCUT2D eigenvalue weighted by molar-refractivity contribution is -0.146. The van der Waals surface area contributed by atoms with Gasteiger partial charge in [-0.2, -0.15) is 0 Å². The third kappa shape index (κ3) is 5.09. The maximum Gasteiger partial charge on any atom is 0.328 e. The highest BCUT2D eigenvalue weighted by atomic mass is 16.5. The fourth-order valence-corrected chi connectivity index (χ4v) is 2.45. The van der Waals surface area contributed by atoms with E-state index in [2.05, 4.69) is 5.32 Å². The van der Waals surface area contributed by atoms with Crippen LogP contribution < -0.4 is 11.1 Å². The summed E-state index contributed by atoms with van der Waals surface area (Å²) in [6.45, 7) is 5.82. The molecule has 0 saturated carbocycles. The van der Waals surface area contributed by atoms with Crippen molar-refractivity contribution in [1.82, 2.24) is 10.2 Å². The molecule has 1 aliphatic heterocycles. The fraction of sp³-hybridized carbons (Fsp3) is 0.857. The van der Waals surface area contributed by atoms with E-state index in [9.17, 15) is 9.59 Å². The summed E-state index contributed by atoms with van der Waals surface area (Å²) >= 11 is 0. The van der Waals surface area contributed by atoms with Gasteiger partial charge in [-0.25, -0.2) is 4.79 Å². The quantitative estimate of drug-likeness (QED) is 0.677. The van der Waals surface area contributed by atoms with Gasteiger partial charge in [0.15, 0.2) is 0 Å². The van der Waals surface area contributed by atoms with Crippen LogP contribution in [-0.4, -0.2) is 55.6 Å². The summed E-state index contributed by atoms with van der Waals surface area (Å²) < 4.78 is 4.76. The molecule has 1 saturated heterocycles. The summed E-state index contributed by atoms with van der Waals surface area (Å²) in [5, 5.41) is 2.78. The first-order valence-electron chi connectivity index (χ1n) is 7.33. The van der Waals surface area contributed by atoms with Crippen molar-refractivity contribution in [2.75, 3.05) is 26.7 Å². The number of likely N-dealkylation sites (tertiary alicyclic amines) is 1. The van der Waals surface area contributed by atoms with Gasteiger partial charge in [-0.05, 0) is 25.3 Å². The number of carbonyl (C=O) groups excluding carboxylic acids is 2. The van der Waals surface area contributed by atoms with Crippen LogP contribution in [0.2, 0.25) is 0 Å². The first-order chi connectivity index (χ1) is 9.47. The van der Waals surface area contributed by atoms with Crippen molar-refractivity contribution >= 4 is 11.9 Å².